The Kier molecular flexibility index (Phi) is 17.8. The van der Waals surface area contributed by atoms with E-state index in [2.05, 4.69) is 31.4 Å². The standard InChI is InChI=1S/C16H34O3.C8H10N2S/c1-6-8-9-10-11-12-14-15(13-7-2)16(17-3,18-4)19-5;9-8(11)10-6-7-4-2-1-3-5-7/h15H,6-14H2,1-5H3;1-5H,6H2,(H3,9,10,11). The van der Waals surface area contributed by atoms with Crippen LogP contribution in [0, 0.1) is 5.92 Å². The van der Waals surface area contributed by atoms with E-state index in [0.717, 1.165) is 19.3 Å². The number of methoxy groups -OCH3 is 3. The van der Waals surface area contributed by atoms with E-state index in [-0.39, 0.29) is 0 Å². The van der Waals surface area contributed by atoms with Gasteiger partial charge in [0, 0.05) is 33.8 Å². The summed E-state index contributed by atoms with van der Waals surface area (Å²) in [6.07, 6.45) is 11.2. The Hall–Kier alpha value is -1.21. The Labute approximate surface area is 190 Å². The number of nitrogens with one attached hydrogen (secondary N) is 1. The van der Waals surface area contributed by atoms with Crippen LogP contribution in [0.5, 0.6) is 0 Å². The van der Waals surface area contributed by atoms with Crippen LogP contribution in [0.2, 0.25) is 0 Å². The van der Waals surface area contributed by atoms with E-state index in [1.807, 2.05) is 30.3 Å². The lowest BCUT2D eigenvalue weighted by molar-refractivity contribution is -0.380. The minimum Gasteiger partial charge on any atom is -0.376 e. The molecule has 1 aromatic rings. The maximum Gasteiger partial charge on any atom is 0.285 e. The first-order chi connectivity index (χ1) is 14.5. The summed E-state index contributed by atoms with van der Waals surface area (Å²) < 4.78 is 16.5. The highest BCUT2D eigenvalue weighted by Crippen LogP contribution is 2.32. The van der Waals surface area contributed by atoms with Gasteiger partial charge >= 0.3 is 0 Å². The predicted octanol–water partition coefficient (Wildman–Crippen LogP) is 5.77. The number of thiocarbonyl (C=S) groups is 1. The Morgan fingerprint density at radius 1 is 0.900 bits per heavy atom. The summed E-state index contributed by atoms with van der Waals surface area (Å²) in [5, 5.41) is 3.21. The molecule has 0 aliphatic heterocycles. The highest BCUT2D eigenvalue weighted by Gasteiger charge is 2.38. The van der Waals surface area contributed by atoms with Crippen molar-refractivity contribution >= 4 is 17.3 Å². The molecule has 6 heteroatoms. The summed E-state index contributed by atoms with van der Waals surface area (Å²) in [6.45, 7) is 5.15. The van der Waals surface area contributed by atoms with E-state index in [0.29, 0.717) is 17.6 Å². The van der Waals surface area contributed by atoms with Crippen molar-refractivity contribution in [2.45, 2.75) is 84.2 Å². The van der Waals surface area contributed by atoms with Crippen molar-refractivity contribution in [2.75, 3.05) is 21.3 Å². The van der Waals surface area contributed by atoms with Crippen molar-refractivity contribution in [1.29, 1.82) is 0 Å². The molecule has 0 saturated heterocycles. The summed E-state index contributed by atoms with van der Waals surface area (Å²) in [7, 11) is 4.99. The molecular weight excluding hydrogens is 396 g/mol. The average molecular weight is 441 g/mol. The second kappa shape index (κ2) is 18.6. The van der Waals surface area contributed by atoms with Gasteiger partial charge in [0.2, 0.25) is 0 Å². The normalized spacial score (nSPS) is 12.0. The highest BCUT2D eigenvalue weighted by atomic mass is 32.1. The smallest absolute Gasteiger partial charge is 0.285 e. The van der Waals surface area contributed by atoms with Gasteiger partial charge in [-0.15, -0.1) is 0 Å². The van der Waals surface area contributed by atoms with Crippen LogP contribution in [0.4, 0.5) is 0 Å². The predicted molar refractivity (Wildman–Crippen MR) is 130 cm³/mol. The zero-order valence-corrected chi connectivity index (χ0v) is 20.6. The van der Waals surface area contributed by atoms with Crippen LogP contribution in [0.1, 0.15) is 77.2 Å². The van der Waals surface area contributed by atoms with Crippen LogP contribution >= 0.6 is 12.2 Å². The molecule has 0 radical (unpaired) electrons. The summed E-state index contributed by atoms with van der Waals surface area (Å²) in [4.78, 5) is 0. The zero-order chi connectivity index (χ0) is 22.7. The number of ether oxygens (including phenoxy) is 3. The molecule has 0 fully saturated rings. The topological polar surface area (TPSA) is 65.7 Å². The first-order valence-corrected chi connectivity index (χ1v) is 11.6. The highest BCUT2D eigenvalue weighted by molar-refractivity contribution is 7.80. The van der Waals surface area contributed by atoms with Crippen molar-refractivity contribution in [2.24, 2.45) is 11.7 Å². The Morgan fingerprint density at radius 2 is 1.47 bits per heavy atom. The van der Waals surface area contributed by atoms with Gasteiger partial charge in [-0.2, -0.15) is 0 Å². The van der Waals surface area contributed by atoms with Crippen LogP contribution in [0.3, 0.4) is 0 Å². The molecular formula is C24H44N2O3S. The fourth-order valence-corrected chi connectivity index (χ4v) is 3.62. The maximum atomic E-state index is 5.50. The summed E-state index contributed by atoms with van der Waals surface area (Å²) in [5.74, 6) is -0.553. The van der Waals surface area contributed by atoms with Crippen molar-refractivity contribution in [3.63, 3.8) is 0 Å². The first-order valence-electron chi connectivity index (χ1n) is 11.2. The van der Waals surface area contributed by atoms with Gasteiger partial charge in [0.1, 0.15) is 0 Å². The fourth-order valence-electron chi connectivity index (χ4n) is 3.55. The molecule has 30 heavy (non-hydrogen) atoms. The lowest BCUT2D eigenvalue weighted by Crippen LogP contribution is -2.44. The molecule has 0 aliphatic rings. The van der Waals surface area contributed by atoms with E-state index in [1.165, 1.54) is 44.1 Å². The van der Waals surface area contributed by atoms with Crippen molar-refractivity contribution < 1.29 is 14.2 Å². The van der Waals surface area contributed by atoms with Gasteiger partial charge < -0.3 is 25.3 Å². The number of benzene rings is 1. The molecule has 3 N–H and O–H groups in total. The molecule has 1 unspecified atom stereocenters. The molecule has 1 atom stereocenters. The quantitative estimate of drug-likeness (QED) is 0.205. The van der Waals surface area contributed by atoms with Gasteiger partial charge in [0.05, 0.1) is 0 Å². The lowest BCUT2D eigenvalue weighted by atomic mass is 9.93. The SMILES string of the molecule is CCCCCCCCC(CCC)C(OC)(OC)OC.NC(=S)NCc1ccccc1. The minimum atomic E-state index is -0.862. The van der Waals surface area contributed by atoms with E-state index in [1.54, 1.807) is 21.3 Å². The Morgan fingerprint density at radius 3 is 1.97 bits per heavy atom. The third kappa shape index (κ3) is 12.5. The van der Waals surface area contributed by atoms with E-state index < -0.39 is 5.97 Å². The van der Waals surface area contributed by atoms with Gasteiger partial charge in [0.25, 0.3) is 5.97 Å². The fraction of sp³-hybridized carbons (Fsp3) is 0.708. The molecule has 0 aromatic heterocycles. The van der Waals surface area contributed by atoms with E-state index in [9.17, 15) is 0 Å². The van der Waals surface area contributed by atoms with E-state index in [4.69, 9.17) is 19.9 Å². The van der Waals surface area contributed by atoms with Crippen molar-refractivity contribution in [1.82, 2.24) is 5.32 Å². The molecule has 1 aromatic carbocycles. The van der Waals surface area contributed by atoms with Gasteiger partial charge in [-0.05, 0) is 30.6 Å². The lowest BCUT2D eigenvalue weighted by Gasteiger charge is -2.36. The maximum absolute atomic E-state index is 5.50. The van der Waals surface area contributed by atoms with Crippen LogP contribution in [-0.2, 0) is 20.8 Å². The molecule has 1 rings (SSSR count). The number of nitrogens with two attached hydrogens (primary N) is 1. The van der Waals surface area contributed by atoms with Crippen LogP contribution in [0.15, 0.2) is 30.3 Å². The summed E-state index contributed by atoms with van der Waals surface area (Å²) in [6, 6.07) is 9.98. The zero-order valence-electron chi connectivity index (χ0n) is 19.7. The number of hydrogen-bond donors (Lipinski definition) is 2. The summed E-state index contributed by atoms with van der Waals surface area (Å²) >= 11 is 4.66. The van der Waals surface area contributed by atoms with Crippen molar-refractivity contribution in [3.8, 4) is 0 Å². The molecule has 0 aliphatic carbocycles. The molecule has 0 spiro atoms. The molecule has 0 saturated carbocycles. The van der Waals surface area contributed by atoms with Crippen molar-refractivity contribution in [3.05, 3.63) is 35.9 Å². The monoisotopic (exact) mass is 440 g/mol. The number of unbranched alkanes of at least 4 members (excludes halogenated alkanes) is 5. The first kappa shape index (κ1) is 28.8. The molecule has 0 bridgehead atoms. The van der Waals surface area contributed by atoms with Crippen LogP contribution in [0.25, 0.3) is 0 Å². The average Bonchev–Trinajstić information content (AvgIpc) is 2.77. The number of hydrogen-bond acceptors (Lipinski definition) is 4. The Balaban J connectivity index is 0.000000642. The van der Waals surface area contributed by atoms with Gasteiger partial charge in [-0.3, -0.25) is 0 Å². The van der Waals surface area contributed by atoms with Crippen LogP contribution in [-0.4, -0.2) is 32.4 Å². The minimum absolute atomic E-state index is 0.309. The van der Waals surface area contributed by atoms with Gasteiger partial charge in [0.15, 0.2) is 5.11 Å². The molecule has 174 valence electrons. The number of rotatable bonds is 15. The second-order valence-electron chi connectivity index (χ2n) is 7.46. The molecule has 0 amide bonds. The van der Waals surface area contributed by atoms with Gasteiger partial charge in [-0.1, -0.05) is 89.1 Å². The second-order valence-corrected chi connectivity index (χ2v) is 7.90. The van der Waals surface area contributed by atoms with Crippen LogP contribution < -0.4 is 11.1 Å². The van der Waals surface area contributed by atoms with Gasteiger partial charge in [-0.25, -0.2) is 0 Å². The summed E-state index contributed by atoms with van der Waals surface area (Å²) in [5.41, 5.74) is 6.44. The van der Waals surface area contributed by atoms with E-state index >= 15 is 0 Å². The Bertz CT molecular complexity index is 516. The molecule has 0 heterocycles. The molecule has 5 nitrogen and oxygen atoms in total. The largest absolute Gasteiger partial charge is 0.376 e. The third-order valence-electron chi connectivity index (χ3n) is 5.21. The third-order valence-corrected chi connectivity index (χ3v) is 5.35.